The Kier molecular flexibility index (Phi) is 5.75. The van der Waals surface area contributed by atoms with Gasteiger partial charge < -0.3 is 5.09 Å². The van der Waals surface area contributed by atoms with Gasteiger partial charge in [0, 0.05) is 5.25 Å². The first-order valence-electron chi connectivity index (χ1n) is 5.46. The van der Waals surface area contributed by atoms with Crippen LogP contribution in [0.5, 0.6) is 0 Å². The highest BCUT2D eigenvalue weighted by Gasteiger charge is 2.17. The molecule has 0 heterocycles. The Hall–Kier alpha value is -0.770. The maximum Gasteiger partial charge on any atom is 0.288 e. The molecular formula is C11H18N3OPS. The summed E-state index contributed by atoms with van der Waals surface area (Å²) in [6.07, 6.45) is 2.34. The number of aliphatic imine (C=N–C) groups is 1. The highest BCUT2D eigenvalue weighted by molar-refractivity contribution is 8.57. The summed E-state index contributed by atoms with van der Waals surface area (Å²) in [6, 6.07) is 9.42. The van der Waals surface area contributed by atoms with Crippen LogP contribution in [-0.2, 0) is 4.57 Å². The van der Waals surface area contributed by atoms with Crippen LogP contribution in [0.3, 0.4) is 0 Å². The quantitative estimate of drug-likeness (QED) is 0.472. The zero-order valence-electron chi connectivity index (χ0n) is 10.0. The fraction of sp³-hybridized carbons (Fsp3) is 0.364. The van der Waals surface area contributed by atoms with E-state index in [0.717, 1.165) is 12.1 Å². The highest BCUT2D eigenvalue weighted by atomic mass is 32.7. The number of benzene rings is 1. The number of para-hydroxylation sites is 1. The van der Waals surface area contributed by atoms with Crippen LogP contribution >= 0.6 is 18.0 Å². The number of nitrogens with two attached hydrogens (primary N) is 1. The third-order valence-electron chi connectivity index (χ3n) is 2.12. The maximum atomic E-state index is 11.9. The van der Waals surface area contributed by atoms with Crippen molar-refractivity contribution in [1.82, 2.24) is 5.09 Å². The van der Waals surface area contributed by atoms with Crippen molar-refractivity contribution < 1.29 is 4.57 Å². The van der Waals surface area contributed by atoms with Crippen molar-refractivity contribution in [3.8, 4) is 0 Å². The summed E-state index contributed by atoms with van der Waals surface area (Å²) in [5.74, 6) is 0. The van der Waals surface area contributed by atoms with Crippen LogP contribution in [0.15, 0.2) is 35.3 Å². The predicted molar refractivity (Wildman–Crippen MR) is 76.9 cm³/mol. The summed E-state index contributed by atoms with van der Waals surface area (Å²) in [5, 5.41) is 2.94. The van der Waals surface area contributed by atoms with Crippen LogP contribution in [0.1, 0.15) is 20.3 Å². The highest BCUT2D eigenvalue weighted by Crippen LogP contribution is 2.49. The molecule has 0 amide bonds. The number of nitrogens with one attached hydrogen (secondary N) is 1. The Morgan fingerprint density at radius 3 is 2.76 bits per heavy atom. The molecule has 0 aliphatic heterocycles. The minimum absolute atomic E-state index is 0.267. The van der Waals surface area contributed by atoms with Crippen LogP contribution < -0.4 is 10.6 Å². The molecule has 2 unspecified atom stereocenters. The first kappa shape index (κ1) is 14.3. The van der Waals surface area contributed by atoms with Crippen LogP contribution in [0.4, 0.5) is 5.69 Å². The van der Waals surface area contributed by atoms with Crippen molar-refractivity contribution in [2.45, 2.75) is 25.5 Å². The largest absolute Gasteiger partial charge is 0.307 e. The Morgan fingerprint density at radius 1 is 1.53 bits per heavy atom. The molecule has 1 rings (SSSR count). The predicted octanol–water partition coefficient (Wildman–Crippen LogP) is 3.53. The van der Waals surface area contributed by atoms with E-state index < -0.39 is 6.65 Å². The minimum atomic E-state index is -2.88. The van der Waals surface area contributed by atoms with Gasteiger partial charge in [-0.05, 0) is 18.6 Å². The second-order valence-corrected chi connectivity index (χ2v) is 8.37. The Morgan fingerprint density at radius 2 is 2.18 bits per heavy atom. The normalized spacial score (nSPS) is 16.6. The summed E-state index contributed by atoms with van der Waals surface area (Å²) in [6.45, 7) is 1.15. The molecule has 2 atom stereocenters. The molecule has 0 saturated heterocycles. The topological polar surface area (TPSA) is 67.5 Å². The number of hydrogen-bond donors (Lipinski definition) is 2. The van der Waals surface area contributed by atoms with Gasteiger partial charge in [0.1, 0.15) is 0 Å². The lowest BCUT2D eigenvalue weighted by atomic mass is 10.3. The van der Waals surface area contributed by atoms with Gasteiger partial charge in [-0.2, -0.15) is 0 Å². The van der Waals surface area contributed by atoms with Gasteiger partial charge in [0.2, 0.25) is 0 Å². The van der Waals surface area contributed by atoms with Gasteiger partial charge in [0.25, 0.3) is 6.65 Å². The van der Waals surface area contributed by atoms with Crippen molar-refractivity contribution in [3.05, 3.63) is 30.3 Å². The van der Waals surface area contributed by atoms with Crippen LogP contribution in [0.2, 0.25) is 0 Å². The molecule has 17 heavy (non-hydrogen) atoms. The summed E-state index contributed by atoms with van der Waals surface area (Å²) < 4.78 is 11.9. The van der Waals surface area contributed by atoms with E-state index in [1.54, 1.807) is 0 Å². The van der Waals surface area contributed by atoms with Crippen LogP contribution in [0.25, 0.3) is 0 Å². The molecule has 0 fully saturated rings. The third kappa shape index (κ3) is 5.91. The van der Waals surface area contributed by atoms with Crippen molar-refractivity contribution in [2.75, 3.05) is 0 Å². The summed E-state index contributed by atoms with van der Waals surface area (Å²) >= 11 is 1.27. The molecule has 1 aromatic rings. The fourth-order valence-corrected chi connectivity index (χ4v) is 4.41. The Balaban J connectivity index is 2.50. The van der Waals surface area contributed by atoms with Crippen molar-refractivity contribution >= 4 is 30.1 Å². The van der Waals surface area contributed by atoms with Crippen LogP contribution in [0, 0.1) is 0 Å². The lowest BCUT2D eigenvalue weighted by Gasteiger charge is -2.15. The SMILES string of the molecule is CCC(C)SP(N)(=O)NC=Nc1ccccc1. The molecule has 0 aliphatic rings. The van der Waals surface area contributed by atoms with Gasteiger partial charge in [-0.25, -0.2) is 4.99 Å². The van der Waals surface area contributed by atoms with E-state index in [1.807, 2.05) is 44.2 Å². The Bertz CT molecular complexity index is 410. The van der Waals surface area contributed by atoms with E-state index in [9.17, 15) is 4.57 Å². The van der Waals surface area contributed by atoms with E-state index in [2.05, 4.69) is 10.1 Å². The lowest BCUT2D eigenvalue weighted by Crippen LogP contribution is -2.13. The summed E-state index contributed by atoms with van der Waals surface area (Å²) in [4.78, 5) is 4.12. The summed E-state index contributed by atoms with van der Waals surface area (Å²) in [7, 11) is 0. The van der Waals surface area contributed by atoms with Gasteiger partial charge in [-0.1, -0.05) is 43.4 Å². The molecule has 0 aromatic heterocycles. The average molecular weight is 271 g/mol. The molecule has 0 bridgehead atoms. The minimum Gasteiger partial charge on any atom is -0.307 e. The smallest absolute Gasteiger partial charge is 0.288 e. The molecule has 1 aromatic carbocycles. The standard InChI is InChI=1S/C11H18N3OPS/c1-3-10(2)17-16(12,15)14-9-13-11-7-5-4-6-8-11/h4-10H,3H2,1-2H3,(H3,12,13,14,15). The zero-order chi connectivity index (χ0) is 12.7. The average Bonchev–Trinajstić information content (AvgIpc) is 2.29. The number of rotatable bonds is 6. The van der Waals surface area contributed by atoms with Gasteiger partial charge in [0.15, 0.2) is 0 Å². The van der Waals surface area contributed by atoms with Gasteiger partial charge in [-0.15, -0.1) is 0 Å². The van der Waals surface area contributed by atoms with Gasteiger partial charge in [-0.3, -0.25) is 10.1 Å². The first-order valence-corrected chi connectivity index (χ1v) is 8.72. The molecular weight excluding hydrogens is 253 g/mol. The van der Waals surface area contributed by atoms with E-state index in [1.165, 1.54) is 17.7 Å². The molecule has 0 aliphatic carbocycles. The van der Waals surface area contributed by atoms with Crippen molar-refractivity contribution in [3.63, 3.8) is 0 Å². The molecule has 3 N–H and O–H groups in total. The van der Waals surface area contributed by atoms with E-state index in [4.69, 9.17) is 5.50 Å². The zero-order valence-corrected chi connectivity index (χ0v) is 11.7. The van der Waals surface area contributed by atoms with Gasteiger partial charge in [0.05, 0.1) is 12.0 Å². The fourth-order valence-electron chi connectivity index (χ4n) is 1.07. The Labute approximate surface area is 106 Å². The molecule has 6 heteroatoms. The molecule has 0 radical (unpaired) electrons. The molecule has 94 valence electrons. The first-order chi connectivity index (χ1) is 8.03. The second kappa shape index (κ2) is 6.84. The monoisotopic (exact) mass is 271 g/mol. The van der Waals surface area contributed by atoms with E-state index in [-0.39, 0.29) is 5.25 Å². The lowest BCUT2D eigenvalue weighted by molar-refractivity contribution is 0.583. The van der Waals surface area contributed by atoms with Crippen LogP contribution in [-0.4, -0.2) is 11.6 Å². The third-order valence-corrected chi connectivity index (χ3v) is 5.94. The molecule has 0 spiro atoms. The van der Waals surface area contributed by atoms with Gasteiger partial charge >= 0.3 is 0 Å². The molecule has 4 nitrogen and oxygen atoms in total. The van der Waals surface area contributed by atoms with Crippen molar-refractivity contribution in [2.24, 2.45) is 10.5 Å². The second-order valence-electron chi connectivity index (χ2n) is 3.64. The maximum absolute atomic E-state index is 11.9. The van der Waals surface area contributed by atoms with E-state index >= 15 is 0 Å². The molecule has 0 saturated carbocycles. The number of nitrogens with zero attached hydrogens (tertiary/aromatic N) is 1. The van der Waals surface area contributed by atoms with Crippen molar-refractivity contribution in [1.29, 1.82) is 0 Å². The number of hydrogen-bond acceptors (Lipinski definition) is 3. The summed E-state index contributed by atoms with van der Waals surface area (Å²) in [5.41, 5.74) is 6.47. The van der Waals surface area contributed by atoms with E-state index in [0.29, 0.717) is 0 Å².